The molecule has 0 bridgehead atoms. The molecule has 2 aromatic carbocycles. The quantitative estimate of drug-likeness (QED) is 0.318. The lowest BCUT2D eigenvalue weighted by Crippen LogP contribution is -2.38. The van der Waals surface area contributed by atoms with Crippen molar-refractivity contribution in [3.8, 4) is 23.0 Å². The van der Waals surface area contributed by atoms with Gasteiger partial charge < -0.3 is 18.9 Å². The molecule has 0 heterocycles. The standard InChI is InChI=1S/C24H30BrNO8S/c1-24(14-22(27)26-28,15-11-18(25)23(33-4)21(12-15)32-3)35(29,30)17-9-10-19(31-2)20(13-17)34-16-7-5-6-8-16/h9-13,16,28H,5-8,14H2,1-4H3,(H,26,27). The average molecular weight is 572 g/mol. The molecule has 0 aliphatic heterocycles. The number of sulfone groups is 1. The van der Waals surface area contributed by atoms with Crippen LogP contribution in [0, 0.1) is 0 Å². The van der Waals surface area contributed by atoms with Crippen LogP contribution in [0.2, 0.25) is 0 Å². The summed E-state index contributed by atoms with van der Waals surface area (Å²) in [6, 6.07) is 7.44. The molecule has 1 fully saturated rings. The maximum absolute atomic E-state index is 14.1. The van der Waals surface area contributed by atoms with E-state index in [1.165, 1.54) is 52.5 Å². The lowest BCUT2D eigenvalue weighted by Gasteiger charge is -2.30. The number of halogens is 1. The summed E-state index contributed by atoms with van der Waals surface area (Å²) in [6.45, 7) is 1.42. The Hall–Kier alpha value is -2.50. The van der Waals surface area contributed by atoms with Crippen molar-refractivity contribution in [2.24, 2.45) is 0 Å². The molecule has 192 valence electrons. The van der Waals surface area contributed by atoms with E-state index < -0.39 is 26.9 Å². The molecule has 1 saturated carbocycles. The maximum atomic E-state index is 14.1. The number of hydrogen-bond acceptors (Lipinski definition) is 8. The molecule has 3 rings (SSSR count). The second-order valence-electron chi connectivity index (χ2n) is 8.48. The van der Waals surface area contributed by atoms with E-state index in [4.69, 9.17) is 18.9 Å². The Morgan fingerprint density at radius 3 is 2.29 bits per heavy atom. The van der Waals surface area contributed by atoms with Gasteiger partial charge in [-0.2, -0.15) is 0 Å². The third-order valence-corrected chi connectivity index (χ3v) is 9.33. The lowest BCUT2D eigenvalue weighted by atomic mass is 9.95. The normalized spacial score (nSPS) is 15.8. The Labute approximate surface area is 213 Å². The first-order valence-electron chi connectivity index (χ1n) is 11.1. The number of rotatable bonds is 10. The van der Waals surface area contributed by atoms with E-state index in [9.17, 15) is 18.4 Å². The van der Waals surface area contributed by atoms with Gasteiger partial charge in [-0.1, -0.05) is 0 Å². The Morgan fingerprint density at radius 1 is 1.06 bits per heavy atom. The van der Waals surface area contributed by atoms with Crippen LogP contribution in [-0.4, -0.2) is 47.0 Å². The van der Waals surface area contributed by atoms with E-state index in [1.807, 2.05) is 0 Å². The third kappa shape index (κ3) is 5.36. The van der Waals surface area contributed by atoms with Gasteiger partial charge >= 0.3 is 0 Å². The molecule has 0 spiro atoms. The summed E-state index contributed by atoms with van der Waals surface area (Å²) in [5.74, 6) is 0.530. The monoisotopic (exact) mass is 571 g/mol. The van der Waals surface area contributed by atoms with Crippen molar-refractivity contribution in [3.05, 3.63) is 40.4 Å². The minimum atomic E-state index is -4.23. The molecular formula is C24H30BrNO8S. The van der Waals surface area contributed by atoms with Gasteiger partial charge in [-0.15, -0.1) is 0 Å². The van der Waals surface area contributed by atoms with Crippen LogP contribution in [0.5, 0.6) is 23.0 Å². The van der Waals surface area contributed by atoms with Crippen LogP contribution in [0.3, 0.4) is 0 Å². The van der Waals surface area contributed by atoms with Crippen LogP contribution in [0.4, 0.5) is 0 Å². The van der Waals surface area contributed by atoms with Gasteiger partial charge in [0.1, 0.15) is 4.75 Å². The van der Waals surface area contributed by atoms with E-state index in [0.29, 0.717) is 21.7 Å². The van der Waals surface area contributed by atoms with Gasteiger partial charge in [0, 0.05) is 6.07 Å². The van der Waals surface area contributed by atoms with E-state index in [2.05, 4.69) is 15.9 Å². The first kappa shape index (κ1) is 27.1. The molecule has 2 N–H and O–H groups in total. The van der Waals surface area contributed by atoms with Gasteiger partial charge in [0.15, 0.2) is 32.8 Å². The first-order chi connectivity index (χ1) is 16.6. The molecule has 0 aromatic heterocycles. The Kier molecular flexibility index (Phi) is 8.55. The van der Waals surface area contributed by atoms with Crippen LogP contribution < -0.4 is 24.4 Å². The molecule has 2 aromatic rings. The summed E-state index contributed by atoms with van der Waals surface area (Å²) in [5, 5.41) is 9.21. The smallest absolute Gasteiger partial charge is 0.245 e. The fourth-order valence-electron chi connectivity index (χ4n) is 4.28. The van der Waals surface area contributed by atoms with Crippen molar-refractivity contribution in [1.82, 2.24) is 5.48 Å². The Bertz CT molecular complexity index is 1180. The molecule has 9 nitrogen and oxygen atoms in total. The molecule has 0 saturated heterocycles. The zero-order chi connectivity index (χ0) is 25.8. The fourth-order valence-corrected chi connectivity index (χ4v) is 6.67. The predicted octanol–water partition coefficient (Wildman–Crippen LogP) is 4.38. The Balaban J connectivity index is 2.17. The number of ether oxygens (including phenoxy) is 4. The highest BCUT2D eigenvalue weighted by atomic mass is 79.9. The molecular weight excluding hydrogens is 542 g/mol. The molecule has 1 aliphatic carbocycles. The van der Waals surface area contributed by atoms with Crippen molar-refractivity contribution in [3.63, 3.8) is 0 Å². The van der Waals surface area contributed by atoms with Gasteiger partial charge in [0.05, 0.1) is 43.2 Å². The summed E-state index contributed by atoms with van der Waals surface area (Å²) in [4.78, 5) is 12.3. The molecule has 1 aliphatic rings. The number of hydroxylamine groups is 1. The summed E-state index contributed by atoms with van der Waals surface area (Å²) in [5.41, 5.74) is 1.81. The molecule has 1 unspecified atom stereocenters. The predicted molar refractivity (Wildman–Crippen MR) is 132 cm³/mol. The maximum Gasteiger partial charge on any atom is 0.245 e. The molecule has 1 amide bonds. The number of nitrogens with one attached hydrogen (secondary N) is 1. The van der Waals surface area contributed by atoms with Gasteiger partial charge in [0.2, 0.25) is 5.91 Å². The average Bonchev–Trinajstić information content (AvgIpc) is 3.36. The topological polar surface area (TPSA) is 120 Å². The third-order valence-electron chi connectivity index (χ3n) is 6.30. The van der Waals surface area contributed by atoms with Crippen molar-refractivity contribution in [2.75, 3.05) is 21.3 Å². The van der Waals surface area contributed by atoms with E-state index in [-0.39, 0.29) is 22.3 Å². The number of carbonyl (C=O) groups is 1. The number of amides is 1. The first-order valence-corrected chi connectivity index (χ1v) is 13.3. The van der Waals surface area contributed by atoms with E-state index in [0.717, 1.165) is 25.7 Å². The van der Waals surface area contributed by atoms with Gasteiger partial charge in [-0.3, -0.25) is 10.0 Å². The SMILES string of the molecule is COc1ccc(S(=O)(=O)C(C)(CC(=O)NO)c2cc(Br)c(OC)c(OC)c2)cc1OC1CCCC1. The molecule has 1 atom stereocenters. The van der Waals surface area contributed by atoms with Crippen LogP contribution in [0.25, 0.3) is 0 Å². The van der Waals surface area contributed by atoms with Crippen LogP contribution in [-0.2, 0) is 19.4 Å². The van der Waals surface area contributed by atoms with Crippen LogP contribution in [0.15, 0.2) is 39.7 Å². The highest BCUT2D eigenvalue weighted by molar-refractivity contribution is 9.10. The summed E-state index contributed by atoms with van der Waals surface area (Å²) in [6.07, 6.45) is 3.29. The van der Waals surface area contributed by atoms with Crippen LogP contribution >= 0.6 is 15.9 Å². The minimum absolute atomic E-state index is 0.0183. The number of hydrogen-bond donors (Lipinski definition) is 2. The molecule has 0 radical (unpaired) electrons. The largest absolute Gasteiger partial charge is 0.493 e. The van der Waals surface area contributed by atoms with Crippen LogP contribution in [0.1, 0.15) is 44.6 Å². The van der Waals surface area contributed by atoms with Gasteiger partial charge in [-0.05, 0) is 78.4 Å². The lowest BCUT2D eigenvalue weighted by molar-refractivity contribution is -0.129. The number of benzene rings is 2. The summed E-state index contributed by atoms with van der Waals surface area (Å²) >= 11 is 3.39. The van der Waals surface area contributed by atoms with E-state index >= 15 is 0 Å². The summed E-state index contributed by atoms with van der Waals surface area (Å²) < 4.78 is 49.1. The highest BCUT2D eigenvalue weighted by Gasteiger charge is 2.45. The highest BCUT2D eigenvalue weighted by Crippen LogP contribution is 2.46. The number of methoxy groups -OCH3 is 3. The van der Waals surface area contributed by atoms with Gasteiger partial charge in [-0.25, -0.2) is 13.9 Å². The van der Waals surface area contributed by atoms with Crippen molar-refractivity contribution < 1.29 is 37.4 Å². The molecule has 11 heteroatoms. The van der Waals surface area contributed by atoms with Crippen molar-refractivity contribution >= 4 is 31.7 Å². The second kappa shape index (κ2) is 11.0. The van der Waals surface area contributed by atoms with Gasteiger partial charge in [0.25, 0.3) is 0 Å². The zero-order valence-corrected chi connectivity index (χ0v) is 22.5. The van der Waals surface area contributed by atoms with Crippen molar-refractivity contribution in [1.29, 1.82) is 0 Å². The zero-order valence-electron chi connectivity index (χ0n) is 20.1. The second-order valence-corrected chi connectivity index (χ2v) is 11.7. The summed E-state index contributed by atoms with van der Waals surface area (Å²) in [7, 11) is 0.148. The molecule has 35 heavy (non-hydrogen) atoms. The minimum Gasteiger partial charge on any atom is -0.493 e. The fraction of sp³-hybridized carbons (Fsp3) is 0.458. The Morgan fingerprint density at radius 2 is 1.71 bits per heavy atom. The van der Waals surface area contributed by atoms with Crippen molar-refractivity contribution in [2.45, 2.75) is 54.8 Å². The van der Waals surface area contributed by atoms with E-state index in [1.54, 1.807) is 11.5 Å². The number of carbonyl (C=O) groups excluding carboxylic acids is 1.